The van der Waals surface area contributed by atoms with Gasteiger partial charge in [-0.2, -0.15) is 0 Å². The highest BCUT2D eigenvalue weighted by Gasteiger charge is 2.16. The Balaban J connectivity index is 0.949. The number of anilines is 2. The highest BCUT2D eigenvalue weighted by Crippen LogP contribution is 2.33. The summed E-state index contributed by atoms with van der Waals surface area (Å²) in [5.41, 5.74) is 22.6. The molecule has 2 heteroatoms. The van der Waals surface area contributed by atoms with Crippen molar-refractivity contribution in [2.75, 3.05) is 11.5 Å². The summed E-state index contributed by atoms with van der Waals surface area (Å²) in [6.07, 6.45) is 53.7. The number of unbranched alkanes of at least 4 members (excludes halogenated alkanes) is 32. The third-order valence-corrected chi connectivity index (χ3v) is 15.6. The Morgan fingerprint density at radius 3 is 0.696 bits per heavy atom. The Morgan fingerprint density at radius 2 is 0.449 bits per heavy atom. The molecular formula is C67H106N2. The molecule has 0 saturated heterocycles. The Hall–Kier alpha value is -3.52. The molecule has 0 spiro atoms. The molecule has 2 nitrogen and oxygen atoms in total. The number of hydrogen-bond donors (Lipinski definition) is 2. The van der Waals surface area contributed by atoms with Gasteiger partial charge in [-0.15, -0.1) is 0 Å². The second-order valence-electron chi connectivity index (χ2n) is 21.7. The van der Waals surface area contributed by atoms with Crippen LogP contribution in [0.4, 0.5) is 11.4 Å². The Bertz CT molecular complexity index is 1610. The first-order valence-electron chi connectivity index (χ1n) is 30.0. The molecule has 0 aromatic heterocycles. The van der Waals surface area contributed by atoms with Crippen LogP contribution in [-0.2, 0) is 12.8 Å². The molecule has 0 aliphatic rings. The standard InChI is InChI=1S/C67H106N2/c1-3-5-7-9-11-22-28-32-36-40-66(62-50-54-64(68)55-51-62)60-46-42-58(43-47-60)38-34-30-26-24-20-18-16-14-13-15-17-19-21-25-27-31-35-39-59-44-48-61(49-45-59)67(63-52-56-65(69)57-53-63)41-37-33-29-23-12-10-8-6-4-2/h42-57,66-67H,3-41,68-69H2,1-2H3. The lowest BCUT2D eigenvalue weighted by Gasteiger charge is -2.19. The summed E-state index contributed by atoms with van der Waals surface area (Å²) in [5.74, 6) is 0.939. The fourth-order valence-electron chi connectivity index (χ4n) is 11.0. The van der Waals surface area contributed by atoms with Crippen molar-refractivity contribution >= 4 is 11.4 Å². The third-order valence-electron chi connectivity index (χ3n) is 15.6. The zero-order valence-corrected chi connectivity index (χ0v) is 45.1. The average Bonchev–Trinajstić information content (AvgIpc) is 3.37. The quantitative estimate of drug-likeness (QED) is 0.0343. The Kier molecular flexibility index (Phi) is 32.9. The highest BCUT2D eigenvalue weighted by atomic mass is 14.5. The molecule has 0 bridgehead atoms. The molecule has 0 aliphatic heterocycles. The van der Waals surface area contributed by atoms with E-state index >= 15 is 0 Å². The fraction of sp³-hybridized carbons (Fsp3) is 0.642. The fourth-order valence-corrected chi connectivity index (χ4v) is 11.0. The van der Waals surface area contributed by atoms with Crippen molar-refractivity contribution in [2.24, 2.45) is 0 Å². The number of nitrogen functional groups attached to an aromatic ring is 2. The van der Waals surface area contributed by atoms with E-state index in [0.29, 0.717) is 11.8 Å². The smallest absolute Gasteiger partial charge is 0.0314 e. The van der Waals surface area contributed by atoms with Crippen molar-refractivity contribution in [3.8, 4) is 0 Å². The van der Waals surface area contributed by atoms with E-state index in [1.54, 1.807) is 0 Å². The number of rotatable bonds is 44. The average molecular weight is 940 g/mol. The van der Waals surface area contributed by atoms with Gasteiger partial charge in [0.2, 0.25) is 0 Å². The van der Waals surface area contributed by atoms with Crippen LogP contribution in [0, 0.1) is 0 Å². The van der Waals surface area contributed by atoms with Gasteiger partial charge in [-0.1, -0.05) is 299 Å². The summed E-state index contributed by atoms with van der Waals surface area (Å²) in [7, 11) is 0. The zero-order chi connectivity index (χ0) is 48.7. The maximum atomic E-state index is 6.06. The predicted molar refractivity (Wildman–Crippen MR) is 308 cm³/mol. The van der Waals surface area contributed by atoms with Crippen LogP contribution in [0.3, 0.4) is 0 Å². The largest absolute Gasteiger partial charge is 0.399 e. The SMILES string of the molecule is CCCCCCCCCCCC(c1ccc(N)cc1)c1ccc(CCCCCCCCCCCCCCCCCCCc2ccc(C(CCCCCCCCCCC)c3ccc(N)cc3)cc2)cc1. The normalized spacial score (nSPS) is 12.4. The van der Waals surface area contributed by atoms with Crippen molar-refractivity contribution in [1.29, 1.82) is 0 Å². The first kappa shape index (κ1) is 58.1. The molecule has 2 atom stereocenters. The van der Waals surface area contributed by atoms with Crippen LogP contribution in [0.5, 0.6) is 0 Å². The van der Waals surface area contributed by atoms with Gasteiger partial charge >= 0.3 is 0 Å². The van der Waals surface area contributed by atoms with Crippen molar-refractivity contribution in [2.45, 2.75) is 276 Å². The molecule has 0 radical (unpaired) electrons. The number of benzene rings is 4. The van der Waals surface area contributed by atoms with E-state index in [9.17, 15) is 0 Å². The van der Waals surface area contributed by atoms with Crippen molar-refractivity contribution in [1.82, 2.24) is 0 Å². The molecule has 0 heterocycles. The van der Waals surface area contributed by atoms with Gasteiger partial charge < -0.3 is 11.5 Å². The molecule has 384 valence electrons. The van der Waals surface area contributed by atoms with Crippen molar-refractivity contribution in [3.63, 3.8) is 0 Å². The molecule has 0 saturated carbocycles. The number of nitrogens with two attached hydrogens (primary N) is 2. The summed E-state index contributed by atoms with van der Waals surface area (Å²) < 4.78 is 0. The molecule has 0 amide bonds. The topological polar surface area (TPSA) is 52.0 Å². The van der Waals surface area contributed by atoms with E-state index in [1.807, 2.05) is 0 Å². The van der Waals surface area contributed by atoms with Gasteiger partial charge in [0, 0.05) is 23.2 Å². The minimum atomic E-state index is 0.470. The molecule has 4 aromatic rings. The molecule has 2 unspecified atom stereocenters. The summed E-state index contributed by atoms with van der Waals surface area (Å²) in [5, 5.41) is 0. The lowest BCUT2D eigenvalue weighted by Crippen LogP contribution is -2.02. The van der Waals surface area contributed by atoms with Crippen LogP contribution in [0.25, 0.3) is 0 Å². The number of hydrogen-bond acceptors (Lipinski definition) is 2. The van der Waals surface area contributed by atoms with E-state index in [-0.39, 0.29) is 0 Å². The van der Waals surface area contributed by atoms with Crippen LogP contribution in [-0.4, -0.2) is 0 Å². The first-order chi connectivity index (χ1) is 34.1. The molecule has 4 rings (SSSR count). The second-order valence-corrected chi connectivity index (χ2v) is 21.7. The molecule has 0 aliphatic carbocycles. The van der Waals surface area contributed by atoms with Gasteiger partial charge in [-0.25, -0.2) is 0 Å². The van der Waals surface area contributed by atoms with Crippen LogP contribution in [0.2, 0.25) is 0 Å². The van der Waals surface area contributed by atoms with E-state index in [2.05, 4.69) is 111 Å². The molecule has 4 aromatic carbocycles. The van der Waals surface area contributed by atoms with E-state index in [0.717, 1.165) is 11.4 Å². The van der Waals surface area contributed by atoms with Gasteiger partial charge in [0.15, 0.2) is 0 Å². The van der Waals surface area contributed by atoms with Crippen LogP contribution >= 0.6 is 0 Å². The second kappa shape index (κ2) is 39.1. The molecule has 4 N–H and O–H groups in total. The highest BCUT2D eigenvalue weighted by molar-refractivity contribution is 5.44. The summed E-state index contributed by atoms with van der Waals surface area (Å²) in [6, 6.07) is 36.7. The third kappa shape index (κ3) is 27.0. The van der Waals surface area contributed by atoms with Gasteiger partial charge in [0.25, 0.3) is 0 Å². The monoisotopic (exact) mass is 939 g/mol. The lowest BCUT2D eigenvalue weighted by atomic mass is 9.86. The van der Waals surface area contributed by atoms with Gasteiger partial charge in [0.05, 0.1) is 0 Å². The van der Waals surface area contributed by atoms with Gasteiger partial charge in [-0.05, 0) is 96.2 Å². The summed E-state index contributed by atoms with van der Waals surface area (Å²) in [6.45, 7) is 4.60. The van der Waals surface area contributed by atoms with Gasteiger partial charge in [0.1, 0.15) is 0 Å². The maximum Gasteiger partial charge on any atom is 0.0314 e. The Labute approximate surface area is 427 Å². The molecule has 0 fully saturated rings. The minimum absolute atomic E-state index is 0.470. The summed E-state index contributed by atoms with van der Waals surface area (Å²) >= 11 is 0. The number of aryl methyl sites for hydroxylation is 2. The van der Waals surface area contributed by atoms with Crippen LogP contribution in [0.1, 0.15) is 297 Å². The predicted octanol–water partition coefficient (Wildman–Crippen LogP) is 21.4. The zero-order valence-electron chi connectivity index (χ0n) is 45.1. The van der Waals surface area contributed by atoms with E-state index in [4.69, 9.17) is 11.5 Å². The molecular weight excluding hydrogens is 833 g/mol. The molecule has 69 heavy (non-hydrogen) atoms. The van der Waals surface area contributed by atoms with E-state index in [1.165, 1.54) is 284 Å². The van der Waals surface area contributed by atoms with Crippen molar-refractivity contribution in [3.05, 3.63) is 130 Å². The van der Waals surface area contributed by atoms with Crippen molar-refractivity contribution < 1.29 is 0 Å². The van der Waals surface area contributed by atoms with Crippen LogP contribution < -0.4 is 11.5 Å². The first-order valence-corrected chi connectivity index (χ1v) is 30.0. The lowest BCUT2D eigenvalue weighted by molar-refractivity contribution is 0.525. The maximum absolute atomic E-state index is 6.06. The summed E-state index contributed by atoms with van der Waals surface area (Å²) in [4.78, 5) is 0. The van der Waals surface area contributed by atoms with Gasteiger partial charge in [-0.3, -0.25) is 0 Å². The minimum Gasteiger partial charge on any atom is -0.399 e. The van der Waals surface area contributed by atoms with Crippen LogP contribution in [0.15, 0.2) is 97.1 Å². The van der Waals surface area contributed by atoms with E-state index < -0.39 is 0 Å². The Morgan fingerprint density at radius 1 is 0.246 bits per heavy atom.